The van der Waals surface area contributed by atoms with E-state index in [1.165, 1.54) is 27.5 Å². The third-order valence-corrected chi connectivity index (χ3v) is 4.15. The lowest BCUT2D eigenvalue weighted by atomic mass is 10.1. The van der Waals surface area contributed by atoms with Gasteiger partial charge in [0.2, 0.25) is 0 Å². The van der Waals surface area contributed by atoms with Gasteiger partial charge in [0.05, 0.1) is 0 Å². The molecule has 5 heteroatoms. The van der Waals surface area contributed by atoms with E-state index in [9.17, 15) is 9.59 Å². The highest BCUT2D eigenvalue weighted by molar-refractivity contribution is 7.99. The summed E-state index contributed by atoms with van der Waals surface area (Å²) in [5.41, 5.74) is 7.34. The summed E-state index contributed by atoms with van der Waals surface area (Å²) in [5.74, 6) is -0.389. The number of nitrogens with zero attached hydrogens (tertiary/aromatic N) is 1. The van der Waals surface area contributed by atoms with Gasteiger partial charge in [-0.25, -0.2) is 0 Å². The molecule has 2 amide bonds. The number of hydrogen-bond acceptors (Lipinski definition) is 3. The number of primary amides is 1. The second-order valence-electron chi connectivity index (χ2n) is 4.42. The smallest absolute Gasteiger partial charge is 0.311 e. The van der Waals surface area contributed by atoms with E-state index < -0.39 is 11.8 Å². The first kappa shape index (κ1) is 13.0. The van der Waals surface area contributed by atoms with Crippen LogP contribution in [0.3, 0.4) is 0 Å². The molecule has 0 saturated carbocycles. The summed E-state index contributed by atoms with van der Waals surface area (Å²) in [6.45, 7) is 0.416. The van der Waals surface area contributed by atoms with Gasteiger partial charge < -0.3 is 10.6 Å². The van der Waals surface area contributed by atoms with Crippen molar-refractivity contribution >= 4 is 23.6 Å². The van der Waals surface area contributed by atoms with Crippen LogP contribution >= 0.6 is 11.8 Å². The Kier molecular flexibility index (Phi) is 3.91. The number of likely N-dealkylation sites (N-methyl/N-ethyl adjacent to an activating group) is 1. The number of aryl methyl sites for hydroxylation is 1. The maximum atomic E-state index is 11.4. The Labute approximate surface area is 111 Å². The van der Waals surface area contributed by atoms with E-state index in [4.69, 9.17) is 5.73 Å². The van der Waals surface area contributed by atoms with Gasteiger partial charge >= 0.3 is 11.8 Å². The predicted molar refractivity (Wildman–Crippen MR) is 71.2 cm³/mol. The van der Waals surface area contributed by atoms with Crippen LogP contribution in [0.15, 0.2) is 23.1 Å². The average Bonchev–Trinajstić information content (AvgIpc) is 2.37. The van der Waals surface area contributed by atoms with E-state index in [0.29, 0.717) is 6.54 Å². The van der Waals surface area contributed by atoms with Gasteiger partial charge in [-0.3, -0.25) is 9.59 Å². The Morgan fingerprint density at radius 2 is 2.22 bits per heavy atom. The molecule has 0 radical (unpaired) electrons. The Bertz CT molecular complexity index is 488. The van der Waals surface area contributed by atoms with Crippen molar-refractivity contribution in [1.29, 1.82) is 0 Å². The van der Waals surface area contributed by atoms with Crippen LogP contribution in [0.25, 0.3) is 0 Å². The Morgan fingerprint density at radius 1 is 1.44 bits per heavy atom. The van der Waals surface area contributed by atoms with Crippen LogP contribution < -0.4 is 5.73 Å². The van der Waals surface area contributed by atoms with Crippen molar-refractivity contribution in [1.82, 2.24) is 4.90 Å². The van der Waals surface area contributed by atoms with Gasteiger partial charge in [0.25, 0.3) is 0 Å². The predicted octanol–water partition coefficient (Wildman–Crippen LogP) is 1.17. The van der Waals surface area contributed by atoms with Gasteiger partial charge in [-0.15, -0.1) is 11.8 Å². The van der Waals surface area contributed by atoms with E-state index in [2.05, 4.69) is 12.1 Å². The molecule has 4 nitrogen and oxygen atoms in total. The number of carbonyl (C=O) groups is 2. The van der Waals surface area contributed by atoms with Gasteiger partial charge in [-0.2, -0.15) is 0 Å². The molecule has 2 rings (SSSR count). The minimum absolute atomic E-state index is 0.416. The molecule has 1 aromatic carbocycles. The Balaban J connectivity index is 2.10. The number of fused-ring (bicyclic) bond motifs is 1. The fourth-order valence-corrected chi connectivity index (χ4v) is 3.07. The van der Waals surface area contributed by atoms with E-state index in [-0.39, 0.29) is 0 Å². The molecule has 0 aliphatic carbocycles. The van der Waals surface area contributed by atoms with Crippen molar-refractivity contribution < 1.29 is 9.59 Å². The summed E-state index contributed by atoms with van der Waals surface area (Å²) in [4.78, 5) is 24.8. The minimum atomic E-state index is -0.911. The van der Waals surface area contributed by atoms with Crippen LogP contribution in [0.5, 0.6) is 0 Å². The Hall–Kier alpha value is -1.49. The van der Waals surface area contributed by atoms with Crippen LogP contribution in [0, 0.1) is 0 Å². The highest BCUT2D eigenvalue weighted by atomic mass is 32.2. The molecule has 1 aromatic rings. The fourth-order valence-electron chi connectivity index (χ4n) is 2.05. The number of hydrogen-bond donors (Lipinski definition) is 1. The van der Waals surface area contributed by atoms with Crippen LogP contribution in [0.1, 0.15) is 17.5 Å². The molecular formula is C13H16N2O2S. The molecule has 1 aliphatic heterocycles. The van der Waals surface area contributed by atoms with Crippen molar-refractivity contribution in [3.8, 4) is 0 Å². The lowest BCUT2D eigenvalue weighted by Crippen LogP contribution is -2.37. The monoisotopic (exact) mass is 264 g/mol. The fraction of sp³-hybridized carbons (Fsp3) is 0.385. The molecule has 1 aliphatic rings. The van der Waals surface area contributed by atoms with Crippen molar-refractivity contribution in [2.75, 3.05) is 12.8 Å². The number of rotatable bonds is 2. The van der Waals surface area contributed by atoms with E-state index >= 15 is 0 Å². The highest BCUT2D eigenvalue weighted by Gasteiger charge is 2.16. The lowest BCUT2D eigenvalue weighted by molar-refractivity contribution is -0.143. The summed E-state index contributed by atoms with van der Waals surface area (Å²) in [6, 6.07) is 6.21. The van der Waals surface area contributed by atoms with Gasteiger partial charge in [0.1, 0.15) is 0 Å². The number of amides is 2. The number of thioether (sulfide) groups is 1. The van der Waals surface area contributed by atoms with Crippen LogP contribution in [0.2, 0.25) is 0 Å². The molecule has 18 heavy (non-hydrogen) atoms. The molecule has 2 N–H and O–H groups in total. The quantitative estimate of drug-likeness (QED) is 0.816. The molecule has 0 bridgehead atoms. The second-order valence-corrected chi connectivity index (χ2v) is 5.56. The molecular weight excluding hydrogens is 248 g/mol. The zero-order chi connectivity index (χ0) is 13.1. The normalized spacial score (nSPS) is 13.8. The summed E-state index contributed by atoms with van der Waals surface area (Å²) < 4.78 is 0. The molecule has 0 fully saturated rings. The zero-order valence-corrected chi connectivity index (χ0v) is 11.1. The average molecular weight is 264 g/mol. The number of nitrogens with two attached hydrogens (primary N) is 1. The zero-order valence-electron chi connectivity index (χ0n) is 10.3. The van der Waals surface area contributed by atoms with Crippen LogP contribution in [-0.2, 0) is 22.6 Å². The first-order chi connectivity index (χ1) is 8.58. The highest BCUT2D eigenvalue weighted by Crippen LogP contribution is 2.30. The molecule has 0 unspecified atom stereocenters. The summed E-state index contributed by atoms with van der Waals surface area (Å²) in [7, 11) is 1.58. The van der Waals surface area contributed by atoms with Gasteiger partial charge in [-0.1, -0.05) is 12.1 Å². The Morgan fingerprint density at radius 3 is 2.94 bits per heavy atom. The minimum Gasteiger partial charge on any atom is -0.361 e. The molecule has 96 valence electrons. The first-order valence-corrected chi connectivity index (χ1v) is 6.86. The maximum Gasteiger partial charge on any atom is 0.311 e. The van der Waals surface area contributed by atoms with Crippen LogP contribution in [0.4, 0.5) is 0 Å². The number of benzene rings is 1. The first-order valence-electron chi connectivity index (χ1n) is 5.87. The topological polar surface area (TPSA) is 63.4 Å². The molecule has 0 spiro atoms. The molecule has 0 atom stereocenters. The molecule has 1 heterocycles. The van der Waals surface area contributed by atoms with Gasteiger partial charge in [0, 0.05) is 18.5 Å². The van der Waals surface area contributed by atoms with E-state index in [1.54, 1.807) is 7.05 Å². The lowest BCUT2D eigenvalue weighted by Gasteiger charge is -2.19. The second kappa shape index (κ2) is 5.44. The third-order valence-electron chi connectivity index (χ3n) is 2.95. The van der Waals surface area contributed by atoms with Crippen molar-refractivity contribution in [2.24, 2.45) is 5.73 Å². The van der Waals surface area contributed by atoms with Crippen LogP contribution in [-0.4, -0.2) is 29.5 Å². The third kappa shape index (κ3) is 2.85. The summed E-state index contributed by atoms with van der Waals surface area (Å²) >= 11 is 1.87. The van der Waals surface area contributed by atoms with Gasteiger partial charge in [-0.05, 0) is 35.8 Å². The van der Waals surface area contributed by atoms with E-state index in [0.717, 1.165) is 12.0 Å². The van der Waals surface area contributed by atoms with Crippen molar-refractivity contribution in [3.63, 3.8) is 0 Å². The number of carbonyl (C=O) groups excluding carboxylic acids is 2. The molecule has 0 saturated heterocycles. The largest absolute Gasteiger partial charge is 0.361 e. The molecule has 0 aromatic heterocycles. The van der Waals surface area contributed by atoms with Gasteiger partial charge in [0.15, 0.2) is 0 Å². The summed E-state index contributed by atoms with van der Waals surface area (Å²) in [5, 5.41) is 0. The standard InChI is InChI=1S/C13H16N2O2S/c1-15(13(17)12(14)16)8-9-4-5-11-10(7-9)3-2-6-18-11/h4-5,7H,2-3,6,8H2,1H3,(H2,14,16). The summed E-state index contributed by atoms with van der Waals surface area (Å²) in [6.07, 6.45) is 2.28. The van der Waals surface area contributed by atoms with Crippen molar-refractivity contribution in [2.45, 2.75) is 24.3 Å². The van der Waals surface area contributed by atoms with E-state index in [1.807, 2.05) is 17.8 Å². The SMILES string of the molecule is CN(Cc1ccc2c(c1)CCCS2)C(=O)C(N)=O. The van der Waals surface area contributed by atoms with Crippen molar-refractivity contribution in [3.05, 3.63) is 29.3 Å². The maximum absolute atomic E-state index is 11.4.